The van der Waals surface area contributed by atoms with Crippen LogP contribution in [0.5, 0.6) is 0 Å². The molecule has 1 aromatic heterocycles. The lowest BCUT2D eigenvalue weighted by atomic mass is 10.1. The third-order valence-corrected chi connectivity index (χ3v) is 3.71. The third kappa shape index (κ3) is 1.85. The van der Waals surface area contributed by atoms with E-state index in [1.807, 2.05) is 0 Å². The summed E-state index contributed by atoms with van der Waals surface area (Å²) in [5, 5.41) is 11.9. The van der Waals surface area contributed by atoms with E-state index >= 15 is 0 Å². The molecule has 0 aliphatic rings. The maximum Gasteiger partial charge on any atom is 0.0699 e. The van der Waals surface area contributed by atoms with Gasteiger partial charge in [-0.3, -0.25) is 0 Å². The molecule has 1 heterocycles. The van der Waals surface area contributed by atoms with Crippen LogP contribution in [0.15, 0.2) is 48.5 Å². The van der Waals surface area contributed by atoms with Crippen molar-refractivity contribution in [2.75, 3.05) is 0 Å². The van der Waals surface area contributed by atoms with Gasteiger partial charge in [-0.15, -0.1) is 0 Å². The minimum absolute atomic E-state index is 0.0877. The van der Waals surface area contributed by atoms with Gasteiger partial charge in [0.05, 0.1) is 12.3 Å². The Bertz CT molecular complexity index is 735. The molecule has 0 radical (unpaired) electrons. The topological polar surface area (TPSA) is 25.2 Å². The molecular formula is C17H17NO. The first kappa shape index (κ1) is 12.0. The Balaban J connectivity index is 2.34. The van der Waals surface area contributed by atoms with Crippen LogP contribution < -0.4 is 0 Å². The van der Waals surface area contributed by atoms with E-state index in [4.69, 9.17) is 0 Å². The normalized spacial score (nSPS) is 11.1. The molecule has 96 valence electrons. The number of aliphatic hydroxyl groups is 1. The third-order valence-electron chi connectivity index (χ3n) is 3.71. The fourth-order valence-electron chi connectivity index (χ4n) is 2.76. The molecule has 0 unspecified atom stereocenters. The van der Waals surface area contributed by atoms with Crippen LogP contribution in [0.1, 0.15) is 17.0 Å². The van der Waals surface area contributed by atoms with Gasteiger partial charge >= 0.3 is 0 Å². The second kappa shape index (κ2) is 4.56. The van der Waals surface area contributed by atoms with Crippen LogP contribution in [0, 0.1) is 13.8 Å². The molecule has 2 nitrogen and oxygen atoms in total. The molecule has 0 amide bonds. The van der Waals surface area contributed by atoms with E-state index in [1.54, 1.807) is 0 Å². The zero-order valence-electron chi connectivity index (χ0n) is 11.2. The maximum absolute atomic E-state index is 9.40. The number of aromatic nitrogens is 1. The van der Waals surface area contributed by atoms with Crippen molar-refractivity contribution in [3.8, 4) is 5.69 Å². The number of nitrogens with zero attached hydrogens (tertiary/aromatic N) is 1. The molecule has 3 aromatic rings. The van der Waals surface area contributed by atoms with Gasteiger partial charge in [-0.2, -0.15) is 0 Å². The average molecular weight is 251 g/mol. The van der Waals surface area contributed by atoms with Crippen molar-refractivity contribution in [3.63, 3.8) is 0 Å². The molecule has 2 heteroatoms. The molecule has 0 spiro atoms. The number of aliphatic hydroxyl groups excluding tert-OH is 1. The Morgan fingerprint density at radius 2 is 1.74 bits per heavy atom. The van der Waals surface area contributed by atoms with Gasteiger partial charge in [0.15, 0.2) is 0 Å². The Kier molecular flexibility index (Phi) is 2.88. The van der Waals surface area contributed by atoms with Gasteiger partial charge < -0.3 is 9.67 Å². The summed E-state index contributed by atoms with van der Waals surface area (Å²) in [6, 6.07) is 16.8. The number of benzene rings is 2. The van der Waals surface area contributed by atoms with Crippen LogP contribution in [0.25, 0.3) is 16.5 Å². The molecular weight excluding hydrogens is 234 g/mol. The summed E-state index contributed by atoms with van der Waals surface area (Å²) in [5.74, 6) is 0. The zero-order valence-corrected chi connectivity index (χ0v) is 11.2. The first-order valence-electron chi connectivity index (χ1n) is 6.49. The van der Waals surface area contributed by atoms with E-state index in [2.05, 4.69) is 66.9 Å². The lowest BCUT2D eigenvalue weighted by Crippen LogP contribution is -2.00. The highest BCUT2D eigenvalue weighted by Gasteiger charge is 2.11. The number of fused-ring (bicyclic) bond motifs is 1. The largest absolute Gasteiger partial charge is 0.392 e. The predicted octanol–water partition coefficient (Wildman–Crippen LogP) is 3.74. The SMILES string of the molecule is Cc1cc(CO)c(C)n1-c1cccc2ccccc12. The predicted molar refractivity (Wildman–Crippen MR) is 78.7 cm³/mol. The van der Waals surface area contributed by atoms with Gasteiger partial charge in [-0.05, 0) is 36.9 Å². The lowest BCUT2D eigenvalue weighted by Gasteiger charge is -2.13. The zero-order chi connectivity index (χ0) is 13.4. The van der Waals surface area contributed by atoms with Crippen molar-refractivity contribution in [2.24, 2.45) is 0 Å². The van der Waals surface area contributed by atoms with E-state index < -0.39 is 0 Å². The molecule has 0 aliphatic carbocycles. The van der Waals surface area contributed by atoms with Crippen molar-refractivity contribution in [3.05, 3.63) is 65.5 Å². The molecule has 0 aliphatic heterocycles. The van der Waals surface area contributed by atoms with Crippen LogP contribution in [0.4, 0.5) is 0 Å². The Morgan fingerprint density at radius 1 is 1.00 bits per heavy atom. The number of rotatable bonds is 2. The highest BCUT2D eigenvalue weighted by Crippen LogP contribution is 2.27. The fraction of sp³-hybridized carbons (Fsp3) is 0.176. The summed E-state index contributed by atoms with van der Waals surface area (Å²) in [6.07, 6.45) is 0. The van der Waals surface area contributed by atoms with Gasteiger partial charge in [-0.1, -0.05) is 36.4 Å². The van der Waals surface area contributed by atoms with Crippen LogP contribution in [-0.2, 0) is 6.61 Å². The lowest BCUT2D eigenvalue weighted by molar-refractivity contribution is 0.281. The molecule has 0 bridgehead atoms. The maximum atomic E-state index is 9.40. The van der Waals surface area contributed by atoms with Crippen molar-refractivity contribution >= 4 is 10.8 Å². The Morgan fingerprint density at radius 3 is 2.47 bits per heavy atom. The van der Waals surface area contributed by atoms with E-state index in [9.17, 15) is 5.11 Å². The minimum atomic E-state index is 0.0877. The summed E-state index contributed by atoms with van der Waals surface area (Å²) in [4.78, 5) is 0. The van der Waals surface area contributed by atoms with E-state index in [1.165, 1.54) is 16.5 Å². The van der Waals surface area contributed by atoms with Crippen molar-refractivity contribution < 1.29 is 5.11 Å². The van der Waals surface area contributed by atoms with Crippen LogP contribution in [0.3, 0.4) is 0 Å². The van der Waals surface area contributed by atoms with Crippen LogP contribution in [-0.4, -0.2) is 9.67 Å². The van der Waals surface area contributed by atoms with Gasteiger partial charge in [0.2, 0.25) is 0 Å². The first-order chi connectivity index (χ1) is 9.22. The molecule has 1 N–H and O–H groups in total. The fourth-order valence-corrected chi connectivity index (χ4v) is 2.76. The summed E-state index contributed by atoms with van der Waals surface area (Å²) in [7, 11) is 0. The standard InChI is InChI=1S/C17H17NO/c1-12-10-15(11-19)13(2)18(12)17-9-5-7-14-6-3-4-8-16(14)17/h3-10,19H,11H2,1-2H3. The number of hydrogen-bond donors (Lipinski definition) is 1. The quantitative estimate of drug-likeness (QED) is 0.737. The summed E-state index contributed by atoms with van der Waals surface area (Å²) >= 11 is 0. The van der Waals surface area contributed by atoms with Gasteiger partial charge in [0, 0.05) is 16.8 Å². The van der Waals surface area contributed by atoms with Gasteiger partial charge in [-0.25, -0.2) is 0 Å². The van der Waals surface area contributed by atoms with Crippen molar-refractivity contribution in [1.82, 2.24) is 4.57 Å². The van der Waals surface area contributed by atoms with E-state index in [-0.39, 0.29) is 6.61 Å². The number of hydrogen-bond acceptors (Lipinski definition) is 1. The van der Waals surface area contributed by atoms with Gasteiger partial charge in [0.1, 0.15) is 0 Å². The van der Waals surface area contributed by atoms with Crippen molar-refractivity contribution in [2.45, 2.75) is 20.5 Å². The first-order valence-corrected chi connectivity index (χ1v) is 6.49. The van der Waals surface area contributed by atoms with E-state index in [0.717, 1.165) is 17.0 Å². The van der Waals surface area contributed by atoms with Crippen LogP contribution in [0.2, 0.25) is 0 Å². The smallest absolute Gasteiger partial charge is 0.0699 e. The summed E-state index contributed by atoms with van der Waals surface area (Å²) < 4.78 is 2.22. The Labute approximate surface area is 112 Å². The number of aryl methyl sites for hydroxylation is 1. The monoisotopic (exact) mass is 251 g/mol. The molecule has 2 aromatic carbocycles. The second-order valence-electron chi connectivity index (χ2n) is 4.89. The average Bonchev–Trinajstić information content (AvgIpc) is 2.73. The van der Waals surface area contributed by atoms with Gasteiger partial charge in [0.25, 0.3) is 0 Å². The van der Waals surface area contributed by atoms with Crippen LogP contribution >= 0.6 is 0 Å². The Hall–Kier alpha value is -2.06. The summed E-state index contributed by atoms with van der Waals surface area (Å²) in [6.45, 7) is 4.22. The highest BCUT2D eigenvalue weighted by molar-refractivity contribution is 5.90. The molecule has 0 saturated heterocycles. The highest BCUT2D eigenvalue weighted by atomic mass is 16.3. The van der Waals surface area contributed by atoms with Crippen molar-refractivity contribution in [1.29, 1.82) is 0 Å². The molecule has 19 heavy (non-hydrogen) atoms. The minimum Gasteiger partial charge on any atom is -0.392 e. The molecule has 3 rings (SSSR count). The molecule has 0 atom stereocenters. The van der Waals surface area contributed by atoms with E-state index in [0.29, 0.717) is 0 Å². The molecule has 0 fully saturated rings. The second-order valence-corrected chi connectivity index (χ2v) is 4.89. The molecule has 0 saturated carbocycles. The summed E-state index contributed by atoms with van der Waals surface area (Å²) in [5.41, 5.74) is 4.42.